The van der Waals surface area contributed by atoms with E-state index in [1.165, 1.54) is 5.56 Å². The largest absolute Gasteiger partial charge is 0.454 e. The topological polar surface area (TPSA) is 65.5 Å². The van der Waals surface area contributed by atoms with E-state index < -0.39 is 0 Å². The van der Waals surface area contributed by atoms with Crippen LogP contribution in [0.2, 0.25) is 0 Å². The summed E-state index contributed by atoms with van der Waals surface area (Å²) in [5.41, 5.74) is 1.18. The number of nitrogens with zero attached hydrogens (tertiary/aromatic N) is 3. The molecule has 5 rings (SSSR count). The number of hydrogen-bond donors (Lipinski definition) is 1. The molecule has 3 fully saturated rings. The summed E-state index contributed by atoms with van der Waals surface area (Å²) >= 11 is 0. The fourth-order valence-corrected chi connectivity index (χ4v) is 5.42. The van der Waals surface area contributed by atoms with Crippen molar-refractivity contribution >= 4 is 5.91 Å². The average molecular weight is 387 g/mol. The van der Waals surface area contributed by atoms with Crippen LogP contribution in [0.5, 0.6) is 11.5 Å². The zero-order valence-electron chi connectivity index (χ0n) is 16.6. The minimum atomic E-state index is -0.279. The van der Waals surface area contributed by atoms with Crippen molar-refractivity contribution in [2.45, 2.75) is 44.5 Å². The highest BCUT2D eigenvalue weighted by Gasteiger charge is 2.56. The Hall–Kier alpha value is -1.83. The number of benzene rings is 1. The lowest BCUT2D eigenvalue weighted by Gasteiger charge is -2.61. The molecule has 1 aromatic carbocycles. The highest BCUT2D eigenvalue weighted by Crippen LogP contribution is 2.40. The number of ether oxygens (including phenoxy) is 2. The molecule has 7 heteroatoms. The van der Waals surface area contributed by atoms with Crippen LogP contribution in [0, 0.1) is 5.92 Å². The van der Waals surface area contributed by atoms with E-state index in [1.807, 2.05) is 24.8 Å². The van der Waals surface area contributed by atoms with Crippen LogP contribution in [0.1, 0.15) is 25.8 Å². The Labute approximate surface area is 165 Å². The average Bonchev–Trinajstić information content (AvgIpc) is 3.24. The van der Waals surface area contributed by atoms with Gasteiger partial charge in [0, 0.05) is 51.2 Å². The highest BCUT2D eigenvalue weighted by molar-refractivity contribution is 5.78. The van der Waals surface area contributed by atoms with Crippen LogP contribution < -0.4 is 9.47 Å². The second-order valence-corrected chi connectivity index (χ2v) is 9.13. The monoisotopic (exact) mass is 387 g/mol. The van der Waals surface area contributed by atoms with Gasteiger partial charge in [-0.15, -0.1) is 0 Å². The quantitative estimate of drug-likeness (QED) is 0.832. The first-order valence-electron chi connectivity index (χ1n) is 10.3. The molecule has 0 aliphatic carbocycles. The number of piperazine rings is 1. The summed E-state index contributed by atoms with van der Waals surface area (Å²) in [7, 11) is 0. The van der Waals surface area contributed by atoms with E-state index in [0.717, 1.165) is 57.2 Å². The summed E-state index contributed by atoms with van der Waals surface area (Å²) in [6, 6.07) is 6.41. The molecule has 2 atom stereocenters. The van der Waals surface area contributed by atoms with Gasteiger partial charge in [-0.05, 0) is 24.1 Å². The van der Waals surface area contributed by atoms with Crippen LogP contribution in [0.15, 0.2) is 18.2 Å². The summed E-state index contributed by atoms with van der Waals surface area (Å²) in [5, 5.41) is 10.3. The molecule has 4 aliphatic heterocycles. The summed E-state index contributed by atoms with van der Waals surface area (Å²) in [4.78, 5) is 19.6. The molecule has 4 aliphatic rings. The minimum Gasteiger partial charge on any atom is -0.454 e. The second-order valence-electron chi connectivity index (χ2n) is 9.13. The summed E-state index contributed by atoms with van der Waals surface area (Å²) in [6.45, 7) is 9.19. The van der Waals surface area contributed by atoms with Crippen molar-refractivity contribution < 1.29 is 19.4 Å². The third-order valence-corrected chi connectivity index (χ3v) is 6.60. The Morgan fingerprint density at radius 3 is 2.79 bits per heavy atom. The van der Waals surface area contributed by atoms with Crippen LogP contribution in [-0.4, -0.2) is 82.9 Å². The molecule has 7 nitrogen and oxygen atoms in total. The lowest BCUT2D eigenvalue weighted by atomic mass is 9.83. The van der Waals surface area contributed by atoms with E-state index in [1.54, 1.807) is 0 Å². The number of likely N-dealkylation sites (tertiary alicyclic amines) is 1. The number of β-amino-alcohol motifs (C(OH)–C–C–N with tert-alkyl or cyclic N) is 1. The fourth-order valence-electron chi connectivity index (χ4n) is 5.42. The lowest BCUT2D eigenvalue weighted by molar-refractivity contribution is -0.153. The van der Waals surface area contributed by atoms with Gasteiger partial charge in [-0.2, -0.15) is 0 Å². The fraction of sp³-hybridized carbons (Fsp3) is 0.667. The zero-order chi connectivity index (χ0) is 19.5. The van der Waals surface area contributed by atoms with Gasteiger partial charge in [0.15, 0.2) is 11.5 Å². The van der Waals surface area contributed by atoms with E-state index >= 15 is 0 Å². The molecular formula is C21H29N3O4. The normalized spacial score (nSPS) is 28.6. The number of rotatable bonds is 3. The molecule has 1 spiro atoms. The van der Waals surface area contributed by atoms with Crippen molar-refractivity contribution in [3.8, 4) is 11.5 Å². The highest BCUT2D eigenvalue weighted by atomic mass is 16.7. The number of amides is 1. The van der Waals surface area contributed by atoms with Gasteiger partial charge in [-0.1, -0.05) is 19.9 Å². The minimum absolute atomic E-state index is 0.0136. The molecule has 1 amide bonds. The van der Waals surface area contributed by atoms with Crippen molar-refractivity contribution in [1.82, 2.24) is 14.7 Å². The molecule has 0 radical (unpaired) electrons. The van der Waals surface area contributed by atoms with Crippen LogP contribution in [-0.2, 0) is 11.3 Å². The van der Waals surface area contributed by atoms with Crippen molar-refractivity contribution in [1.29, 1.82) is 0 Å². The summed E-state index contributed by atoms with van der Waals surface area (Å²) in [5.74, 6) is 1.88. The van der Waals surface area contributed by atoms with Gasteiger partial charge in [0.25, 0.3) is 0 Å². The van der Waals surface area contributed by atoms with Crippen LogP contribution in [0.4, 0.5) is 0 Å². The molecule has 0 saturated carbocycles. The number of carbonyl (C=O) groups excluding carboxylic acids is 1. The lowest BCUT2D eigenvalue weighted by Crippen LogP contribution is -2.78. The standard InChI is InChI=1S/C21H29N3O4/c1-14(2)20(26)23-8-16-6-17(25)9-24(16)21(12-23)10-22(11-21)7-15-3-4-18-19(5-15)28-13-27-18/h3-5,14,16-17,25H,6-13H2,1-2H3. The Balaban J connectivity index is 1.29. The number of carbonyl (C=O) groups is 1. The molecular weight excluding hydrogens is 358 g/mol. The third kappa shape index (κ3) is 2.96. The maximum Gasteiger partial charge on any atom is 0.231 e. The predicted molar refractivity (Wildman–Crippen MR) is 103 cm³/mol. The van der Waals surface area contributed by atoms with Crippen molar-refractivity contribution in [2.75, 3.05) is 39.5 Å². The molecule has 28 heavy (non-hydrogen) atoms. The molecule has 2 unspecified atom stereocenters. The zero-order valence-corrected chi connectivity index (χ0v) is 16.6. The number of aliphatic hydroxyl groups excluding tert-OH is 1. The molecule has 1 aromatic rings. The van der Waals surface area contributed by atoms with E-state index in [2.05, 4.69) is 21.9 Å². The Morgan fingerprint density at radius 1 is 1.21 bits per heavy atom. The van der Waals surface area contributed by atoms with E-state index in [9.17, 15) is 9.90 Å². The number of aliphatic hydroxyl groups is 1. The number of fused-ring (bicyclic) bond motifs is 3. The SMILES string of the molecule is CC(C)C(=O)N1CC2CC(O)CN2C2(CN(Cc3ccc4c(c3)OCO4)C2)C1. The predicted octanol–water partition coefficient (Wildman–Crippen LogP) is 0.903. The van der Waals surface area contributed by atoms with E-state index in [4.69, 9.17) is 9.47 Å². The van der Waals surface area contributed by atoms with E-state index in [0.29, 0.717) is 6.79 Å². The number of hydrogen-bond acceptors (Lipinski definition) is 6. The Bertz CT molecular complexity index is 777. The summed E-state index contributed by atoms with van der Waals surface area (Å²) < 4.78 is 10.9. The Kier molecular flexibility index (Phi) is 4.30. The van der Waals surface area contributed by atoms with Gasteiger partial charge in [0.05, 0.1) is 11.6 Å². The first kappa shape index (κ1) is 18.2. The van der Waals surface area contributed by atoms with Gasteiger partial charge in [-0.3, -0.25) is 14.6 Å². The molecule has 3 saturated heterocycles. The third-order valence-electron chi connectivity index (χ3n) is 6.60. The maximum absolute atomic E-state index is 12.7. The molecule has 0 aromatic heterocycles. The van der Waals surface area contributed by atoms with Gasteiger partial charge in [-0.25, -0.2) is 0 Å². The van der Waals surface area contributed by atoms with Crippen molar-refractivity contribution in [3.05, 3.63) is 23.8 Å². The Morgan fingerprint density at radius 2 is 2.00 bits per heavy atom. The van der Waals surface area contributed by atoms with Crippen molar-refractivity contribution in [3.63, 3.8) is 0 Å². The molecule has 152 valence electrons. The molecule has 1 N–H and O–H groups in total. The smallest absolute Gasteiger partial charge is 0.231 e. The van der Waals surface area contributed by atoms with Gasteiger partial charge in [0.2, 0.25) is 12.7 Å². The van der Waals surface area contributed by atoms with E-state index in [-0.39, 0.29) is 29.5 Å². The van der Waals surface area contributed by atoms with Gasteiger partial charge in [0.1, 0.15) is 0 Å². The first-order valence-corrected chi connectivity index (χ1v) is 10.3. The van der Waals surface area contributed by atoms with Crippen LogP contribution in [0.3, 0.4) is 0 Å². The second kappa shape index (κ2) is 6.61. The van der Waals surface area contributed by atoms with Gasteiger partial charge < -0.3 is 19.5 Å². The molecule has 0 bridgehead atoms. The summed E-state index contributed by atoms with van der Waals surface area (Å²) in [6.07, 6.45) is 0.491. The first-order chi connectivity index (χ1) is 13.4. The van der Waals surface area contributed by atoms with Crippen LogP contribution in [0.25, 0.3) is 0 Å². The van der Waals surface area contributed by atoms with Crippen molar-refractivity contribution in [2.24, 2.45) is 5.92 Å². The van der Waals surface area contributed by atoms with Gasteiger partial charge >= 0.3 is 0 Å². The molecule has 4 heterocycles. The maximum atomic E-state index is 12.7. The van der Waals surface area contributed by atoms with Crippen LogP contribution >= 0.6 is 0 Å².